The Morgan fingerprint density at radius 3 is 3.00 bits per heavy atom. The molecule has 0 radical (unpaired) electrons. The van der Waals surface area contributed by atoms with Gasteiger partial charge in [-0.05, 0) is 56.7 Å². The van der Waals surface area contributed by atoms with E-state index in [9.17, 15) is 4.79 Å². The minimum Gasteiger partial charge on any atom is -0.338 e. The lowest BCUT2D eigenvalue weighted by Crippen LogP contribution is -2.41. The number of piperidine rings is 1. The summed E-state index contributed by atoms with van der Waals surface area (Å²) in [7, 11) is 0. The topological polar surface area (TPSA) is 58.1 Å². The summed E-state index contributed by atoms with van der Waals surface area (Å²) < 4.78 is 3.96. The number of carbonyl (C=O) groups is 1. The largest absolute Gasteiger partial charge is 0.338 e. The van der Waals surface area contributed by atoms with Crippen LogP contribution in [0.1, 0.15) is 48.5 Å². The van der Waals surface area contributed by atoms with Gasteiger partial charge in [0.2, 0.25) is 0 Å². The molecule has 1 N–H and O–H groups in total. The van der Waals surface area contributed by atoms with Crippen LogP contribution in [0.2, 0.25) is 0 Å². The highest BCUT2D eigenvalue weighted by atomic mass is 32.1. The fraction of sp³-hybridized carbons (Fsp3) is 0.786. The molecule has 2 heterocycles. The molecule has 20 heavy (non-hydrogen) atoms. The number of rotatable bonds is 6. The number of amides is 1. The van der Waals surface area contributed by atoms with Gasteiger partial charge in [0.1, 0.15) is 4.88 Å². The highest BCUT2D eigenvalue weighted by Crippen LogP contribution is 2.18. The Morgan fingerprint density at radius 2 is 2.35 bits per heavy atom. The highest BCUT2D eigenvalue weighted by Gasteiger charge is 2.24. The molecule has 1 aliphatic heterocycles. The van der Waals surface area contributed by atoms with Crippen molar-refractivity contribution in [3.05, 3.63) is 10.6 Å². The number of hydrogen-bond acceptors (Lipinski definition) is 5. The lowest BCUT2D eigenvalue weighted by molar-refractivity contribution is 0.0732. The molecule has 1 saturated heterocycles. The minimum atomic E-state index is 0.108. The van der Waals surface area contributed by atoms with Gasteiger partial charge in [-0.1, -0.05) is 17.8 Å². The van der Waals surface area contributed by atoms with Crippen LogP contribution in [-0.4, -0.2) is 46.6 Å². The molecule has 1 aromatic heterocycles. The standard InChI is InChI=1S/C14H24N4OS/c1-3-6-12-13(20-17-16-12)14(19)18(4-2)10-11-7-5-8-15-9-11/h11,15H,3-10H2,1-2H3. The van der Waals surface area contributed by atoms with Crippen molar-refractivity contribution >= 4 is 17.4 Å². The van der Waals surface area contributed by atoms with E-state index in [1.807, 2.05) is 11.8 Å². The molecule has 0 saturated carbocycles. The van der Waals surface area contributed by atoms with Gasteiger partial charge in [0.15, 0.2) is 0 Å². The van der Waals surface area contributed by atoms with Crippen LogP contribution in [0.25, 0.3) is 0 Å². The summed E-state index contributed by atoms with van der Waals surface area (Å²) in [6.45, 7) is 7.86. The van der Waals surface area contributed by atoms with Crippen molar-refractivity contribution in [2.75, 3.05) is 26.2 Å². The van der Waals surface area contributed by atoms with Crippen molar-refractivity contribution in [1.82, 2.24) is 19.8 Å². The van der Waals surface area contributed by atoms with Crippen LogP contribution in [0, 0.1) is 5.92 Å². The number of hydrogen-bond donors (Lipinski definition) is 1. The average Bonchev–Trinajstić information content (AvgIpc) is 2.94. The van der Waals surface area contributed by atoms with Crippen molar-refractivity contribution < 1.29 is 4.79 Å². The predicted octanol–water partition coefficient (Wildman–Crippen LogP) is 1.95. The summed E-state index contributed by atoms with van der Waals surface area (Å²) in [6, 6.07) is 0. The first kappa shape index (κ1) is 15.4. The molecule has 5 nitrogen and oxygen atoms in total. The van der Waals surface area contributed by atoms with Crippen LogP contribution >= 0.6 is 11.5 Å². The predicted molar refractivity (Wildman–Crippen MR) is 81.1 cm³/mol. The first-order valence-electron chi connectivity index (χ1n) is 7.57. The van der Waals surface area contributed by atoms with Crippen LogP contribution < -0.4 is 5.32 Å². The van der Waals surface area contributed by atoms with Crippen LogP contribution in [0.3, 0.4) is 0 Å². The highest BCUT2D eigenvalue weighted by molar-refractivity contribution is 7.08. The third-order valence-corrected chi connectivity index (χ3v) is 4.54. The summed E-state index contributed by atoms with van der Waals surface area (Å²) in [5.74, 6) is 0.680. The molecule has 1 fully saturated rings. The summed E-state index contributed by atoms with van der Waals surface area (Å²) in [6.07, 6.45) is 4.24. The zero-order valence-electron chi connectivity index (χ0n) is 12.4. The Kier molecular flexibility index (Phi) is 5.91. The molecule has 1 aliphatic rings. The molecular formula is C14H24N4OS. The third-order valence-electron chi connectivity index (χ3n) is 3.78. The van der Waals surface area contributed by atoms with Gasteiger partial charge in [0, 0.05) is 13.1 Å². The molecule has 0 bridgehead atoms. The van der Waals surface area contributed by atoms with Gasteiger partial charge < -0.3 is 10.2 Å². The normalized spacial score (nSPS) is 19.0. The number of nitrogens with zero attached hydrogens (tertiary/aromatic N) is 3. The average molecular weight is 296 g/mol. The molecule has 0 aliphatic carbocycles. The summed E-state index contributed by atoms with van der Waals surface area (Å²) in [5, 5.41) is 7.51. The maximum absolute atomic E-state index is 12.6. The van der Waals surface area contributed by atoms with Crippen LogP contribution in [0.4, 0.5) is 0 Å². The van der Waals surface area contributed by atoms with Gasteiger partial charge in [-0.3, -0.25) is 4.79 Å². The Balaban J connectivity index is 2.02. The first-order valence-corrected chi connectivity index (χ1v) is 8.34. The zero-order chi connectivity index (χ0) is 14.4. The Hall–Kier alpha value is -1.01. The summed E-state index contributed by atoms with van der Waals surface area (Å²) in [5.41, 5.74) is 0.864. The number of nitrogens with one attached hydrogen (secondary N) is 1. The Labute approximate surface area is 124 Å². The summed E-state index contributed by atoms with van der Waals surface area (Å²) in [4.78, 5) is 15.3. The first-order chi connectivity index (χ1) is 9.76. The van der Waals surface area contributed by atoms with Crippen molar-refractivity contribution in [2.24, 2.45) is 5.92 Å². The van der Waals surface area contributed by atoms with Crippen molar-refractivity contribution in [2.45, 2.75) is 39.5 Å². The van der Waals surface area contributed by atoms with Gasteiger partial charge in [-0.2, -0.15) is 0 Å². The van der Waals surface area contributed by atoms with E-state index in [1.165, 1.54) is 24.4 Å². The number of carbonyl (C=O) groups excluding carboxylic acids is 1. The minimum absolute atomic E-state index is 0.108. The lowest BCUT2D eigenvalue weighted by Gasteiger charge is -2.29. The molecule has 0 spiro atoms. The van der Waals surface area contributed by atoms with Gasteiger partial charge in [0.25, 0.3) is 5.91 Å². The fourth-order valence-corrected chi connectivity index (χ4v) is 3.34. The zero-order valence-corrected chi connectivity index (χ0v) is 13.2. The monoisotopic (exact) mass is 296 g/mol. The van der Waals surface area contributed by atoms with Gasteiger partial charge >= 0.3 is 0 Å². The van der Waals surface area contributed by atoms with E-state index < -0.39 is 0 Å². The van der Waals surface area contributed by atoms with Crippen LogP contribution in [0.5, 0.6) is 0 Å². The van der Waals surface area contributed by atoms with E-state index in [0.29, 0.717) is 5.92 Å². The van der Waals surface area contributed by atoms with E-state index in [0.717, 1.165) is 49.6 Å². The van der Waals surface area contributed by atoms with E-state index in [4.69, 9.17) is 0 Å². The summed E-state index contributed by atoms with van der Waals surface area (Å²) >= 11 is 1.24. The molecule has 6 heteroatoms. The maximum Gasteiger partial charge on any atom is 0.267 e. The Morgan fingerprint density at radius 1 is 1.50 bits per heavy atom. The molecule has 0 aromatic carbocycles. The van der Waals surface area contributed by atoms with Crippen molar-refractivity contribution in [3.8, 4) is 0 Å². The Bertz CT molecular complexity index is 429. The van der Waals surface area contributed by atoms with Gasteiger partial charge in [-0.15, -0.1) is 5.10 Å². The van der Waals surface area contributed by atoms with E-state index >= 15 is 0 Å². The molecule has 112 valence electrons. The van der Waals surface area contributed by atoms with Crippen LogP contribution in [0.15, 0.2) is 0 Å². The molecule has 2 rings (SSSR count). The molecule has 1 amide bonds. The molecule has 1 unspecified atom stereocenters. The number of aromatic nitrogens is 2. The van der Waals surface area contributed by atoms with Gasteiger partial charge in [0.05, 0.1) is 5.69 Å². The van der Waals surface area contributed by atoms with E-state index in [2.05, 4.69) is 21.8 Å². The molecular weight excluding hydrogens is 272 g/mol. The van der Waals surface area contributed by atoms with Crippen LogP contribution in [-0.2, 0) is 6.42 Å². The van der Waals surface area contributed by atoms with Crippen molar-refractivity contribution in [1.29, 1.82) is 0 Å². The number of aryl methyl sites for hydroxylation is 1. The maximum atomic E-state index is 12.6. The second kappa shape index (κ2) is 7.69. The third kappa shape index (κ3) is 3.76. The van der Waals surface area contributed by atoms with E-state index in [1.54, 1.807) is 0 Å². The van der Waals surface area contributed by atoms with E-state index in [-0.39, 0.29) is 5.91 Å². The molecule has 1 atom stereocenters. The SMILES string of the molecule is CCCc1nnsc1C(=O)N(CC)CC1CCCNC1. The quantitative estimate of drug-likeness (QED) is 0.872. The smallest absolute Gasteiger partial charge is 0.267 e. The van der Waals surface area contributed by atoms with Gasteiger partial charge in [-0.25, -0.2) is 0 Å². The molecule has 1 aromatic rings. The fourth-order valence-electron chi connectivity index (χ4n) is 2.66. The lowest BCUT2D eigenvalue weighted by atomic mass is 9.99. The second-order valence-corrected chi connectivity index (χ2v) is 6.11. The second-order valence-electron chi connectivity index (χ2n) is 5.35. The van der Waals surface area contributed by atoms with Crippen molar-refractivity contribution in [3.63, 3.8) is 0 Å².